The molecular weight excluding hydrogens is 335 g/mol. The van der Waals surface area contributed by atoms with Gasteiger partial charge >= 0.3 is 12.1 Å². The number of alkyl halides is 3. The Hall–Kier alpha value is -2.54. The predicted molar refractivity (Wildman–Crippen MR) is 77.8 cm³/mol. The third-order valence-corrected chi connectivity index (χ3v) is 3.26. The van der Waals surface area contributed by atoms with Gasteiger partial charge in [0.25, 0.3) is 5.91 Å². The first-order chi connectivity index (χ1) is 10.7. The predicted octanol–water partition coefficient (Wildman–Crippen LogP) is 4.31. The number of nitrogens with one attached hydrogen (secondary N) is 1. The van der Waals surface area contributed by atoms with Gasteiger partial charge in [-0.05, 0) is 42.5 Å². The molecule has 0 saturated heterocycles. The van der Waals surface area contributed by atoms with Crippen molar-refractivity contribution in [2.45, 2.75) is 6.18 Å². The molecule has 0 heterocycles. The average molecular weight is 344 g/mol. The van der Waals surface area contributed by atoms with Crippen molar-refractivity contribution in [3.05, 3.63) is 64.2 Å². The van der Waals surface area contributed by atoms with Gasteiger partial charge in [-0.2, -0.15) is 13.2 Å². The van der Waals surface area contributed by atoms with Gasteiger partial charge in [-0.15, -0.1) is 0 Å². The zero-order valence-electron chi connectivity index (χ0n) is 11.3. The minimum Gasteiger partial charge on any atom is -0.478 e. The molecule has 2 N–H and O–H groups in total. The summed E-state index contributed by atoms with van der Waals surface area (Å²) < 4.78 is 37.4. The van der Waals surface area contributed by atoms with Gasteiger partial charge in [0.2, 0.25) is 0 Å². The Morgan fingerprint density at radius 3 is 2.17 bits per heavy atom. The number of amides is 1. The maximum atomic E-state index is 12.5. The van der Waals surface area contributed by atoms with Crippen LogP contribution in [0.15, 0.2) is 42.5 Å². The smallest absolute Gasteiger partial charge is 0.416 e. The van der Waals surface area contributed by atoms with E-state index in [1.807, 2.05) is 0 Å². The molecule has 0 aliphatic rings. The molecule has 0 spiro atoms. The number of carbonyl (C=O) groups excluding carboxylic acids is 1. The summed E-state index contributed by atoms with van der Waals surface area (Å²) >= 11 is 5.70. The average Bonchev–Trinajstić information content (AvgIpc) is 2.48. The van der Waals surface area contributed by atoms with Gasteiger partial charge in [-0.1, -0.05) is 11.6 Å². The highest BCUT2D eigenvalue weighted by Crippen LogP contribution is 2.29. The third-order valence-electron chi connectivity index (χ3n) is 2.93. The second kappa shape index (κ2) is 6.29. The molecule has 23 heavy (non-hydrogen) atoms. The summed E-state index contributed by atoms with van der Waals surface area (Å²) in [4.78, 5) is 22.9. The molecule has 0 radical (unpaired) electrons. The molecular formula is C15H9ClF3NO3. The minimum absolute atomic E-state index is 0.00447. The van der Waals surface area contributed by atoms with E-state index in [0.717, 1.165) is 30.3 Å². The monoisotopic (exact) mass is 343 g/mol. The van der Waals surface area contributed by atoms with Crippen LogP contribution in [-0.4, -0.2) is 17.0 Å². The molecule has 1 amide bonds. The number of carboxylic acid groups (broad SMARTS) is 1. The van der Waals surface area contributed by atoms with E-state index in [1.165, 1.54) is 12.1 Å². The molecule has 0 aliphatic carbocycles. The van der Waals surface area contributed by atoms with Crippen molar-refractivity contribution in [3.8, 4) is 0 Å². The molecule has 4 nitrogen and oxygen atoms in total. The first-order valence-corrected chi connectivity index (χ1v) is 6.58. The maximum absolute atomic E-state index is 12.5. The van der Waals surface area contributed by atoms with Crippen molar-refractivity contribution in [2.24, 2.45) is 0 Å². The molecule has 0 saturated carbocycles. The Balaban J connectivity index is 2.19. The summed E-state index contributed by atoms with van der Waals surface area (Å²) in [6.45, 7) is 0. The molecule has 2 rings (SSSR count). The van der Waals surface area contributed by atoms with Crippen LogP contribution in [0, 0.1) is 0 Å². The number of hydrogen-bond acceptors (Lipinski definition) is 2. The molecule has 2 aromatic rings. The molecule has 0 bridgehead atoms. The lowest BCUT2D eigenvalue weighted by molar-refractivity contribution is -0.137. The summed E-state index contributed by atoms with van der Waals surface area (Å²) in [6, 6.07) is 7.49. The van der Waals surface area contributed by atoms with E-state index < -0.39 is 23.6 Å². The van der Waals surface area contributed by atoms with Crippen LogP contribution in [0.2, 0.25) is 5.02 Å². The summed E-state index contributed by atoms with van der Waals surface area (Å²) in [7, 11) is 0. The lowest BCUT2D eigenvalue weighted by Crippen LogP contribution is -2.13. The lowest BCUT2D eigenvalue weighted by atomic mass is 10.1. The van der Waals surface area contributed by atoms with E-state index >= 15 is 0 Å². The number of halogens is 4. The van der Waals surface area contributed by atoms with Crippen molar-refractivity contribution in [1.82, 2.24) is 0 Å². The second-order valence-corrected chi connectivity index (χ2v) is 4.94. The highest BCUT2D eigenvalue weighted by Gasteiger charge is 2.30. The Morgan fingerprint density at radius 1 is 1.04 bits per heavy atom. The number of benzene rings is 2. The summed E-state index contributed by atoms with van der Waals surface area (Å²) in [5.41, 5.74) is -0.896. The van der Waals surface area contributed by atoms with Gasteiger partial charge in [0.1, 0.15) is 0 Å². The van der Waals surface area contributed by atoms with Crippen molar-refractivity contribution >= 4 is 29.2 Å². The molecule has 8 heteroatoms. The summed E-state index contributed by atoms with van der Waals surface area (Å²) in [5.74, 6) is -1.93. The van der Waals surface area contributed by atoms with Crippen LogP contribution in [0.4, 0.5) is 18.9 Å². The van der Waals surface area contributed by atoms with Crippen LogP contribution < -0.4 is 5.32 Å². The second-order valence-electron chi connectivity index (χ2n) is 4.53. The van der Waals surface area contributed by atoms with E-state index in [0.29, 0.717) is 0 Å². The largest absolute Gasteiger partial charge is 0.478 e. The van der Waals surface area contributed by atoms with Crippen molar-refractivity contribution < 1.29 is 27.9 Å². The van der Waals surface area contributed by atoms with Crippen LogP contribution in [0.3, 0.4) is 0 Å². The third kappa shape index (κ3) is 4.01. The Morgan fingerprint density at radius 2 is 1.65 bits per heavy atom. The van der Waals surface area contributed by atoms with Gasteiger partial charge in [-0.25, -0.2) is 4.79 Å². The summed E-state index contributed by atoms with van der Waals surface area (Å²) in [5, 5.41) is 11.3. The van der Waals surface area contributed by atoms with Crippen molar-refractivity contribution in [3.63, 3.8) is 0 Å². The maximum Gasteiger partial charge on any atom is 0.416 e. The topological polar surface area (TPSA) is 66.4 Å². The molecule has 0 aromatic heterocycles. The number of carbonyl (C=O) groups is 2. The fraction of sp³-hybridized carbons (Fsp3) is 0.0667. The molecule has 0 aliphatic heterocycles. The van der Waals surface area contributed by atoms with E-state index in [9.17, 15) is 22.8 Å². The fourth-order valence-corrected chi connectivity index (χ4v) is 1.98. The number of anilines is 1. The van der Waals surface area contributed by atoms with E-state index in [2.05, 4.69) is 5.32 Å². The molecule has 2 aromatic carbocycles. The molecule has 0 fully saturated rings. The number of aromatic carboxylic acids is 1. The SMILES string of the molecule is O=C(Nc1ccc(Cl)c(C(=O)O)c1)c1ccc(C(F)(F)F)cc1. The Kier molecular flexibility index (Phi) is 4.60. The van der Waals surface area contributed by atoms with Crippen LogP contribution in [0.5, 0.6) is 0 Å². The lowest BCUT2D eigenvalue weighted by Gasteiger charge is -2.09. The quantitative estimate of drug-likeness (QED) is 0.872. The van der Waals surface area contributed by atoms with Crippen molar-refractivity contribution in [2.75, 3.05) is 5.32 Å². The fourth-order valence-electron chi connectivity index (χ4n) is 1.78. The Bertz CT molecular complexity index is 758. The normalized spacial score (nSPS) is 11.1. The van der Waals surface area contributed by atoms with E-state index in [1.54, 1.807) is 0 Å². The zero-order chi connectivity index (χ0) is 17.2. The van der Waals surface area contributed by atoms with Gasteiger partial charge in [0.05, 0.1) is 16.1 Å². The molecule has 0 atom stereocenters. The number of hydrogen-bond donors (Lipinski definition) is 2. The summed E-state index contributed by atoms with van der Waals surface area (Å²) in [6.07, 6.45) is -4.48. The standard InChI is InChI=1S/C15H9ClF3NO3/c16-12-6-5-10(7-11(12)14(22)23)20-13(21)8-1-3-9(4-2-8)15(17,18)19/h1-7H,(H,20,21)(H,22,23). The van der Waals surface area contributed by atoms with Crippen molar-refractivity contribution in [1.29, 1.82) is 0 Å². The van der Waals surface area contributed by atoms with E-state index in [4.69, 9.17) is 16.7 Å². The first-order valence-electron chi connectivity index (χ1n) is 6.20. The molecule has 120 valence electrons. The van der Waals surface area contributed by atoms with E-state index in [-0.39, 0.29) is 21.8 Å². The minimum atomic E-state index is -4.48. The highest BCUT2D eigenvalue weighted by molar-refractivity contribution is 6.33. The molecule has 0 unspecified atom stereocenters. The van der Waals surface area contributed by atoms with Gasteiger partial charge in [-0.3, -0.25) is 4.79 Å². The first kappa shape index (κ1) is 16.8. The van der Waals surface area contributed by atoms with Crippen LogP contribution in [-0.2, 0) is 6.18 Å². The van der Waals surface area contributed by atoms with Gasteiger partial charge in [0, 0.05) is 11.3 Å². The van der Waals surface area contributed by atoms with Gasteiger partial charge < -0.3 is 10.4 Å². The van der Waals surface area contributed by atoms with Gasteiger partial charge in [0.15, 0.2) is 0 Å². The Labute approximate surface area is 133 Å². The highest BCUT2D eigenvalue weighted by atomic mass is 35.5. The van der Waals surface area contributed by atoms with Crippen LogP contribution in [0.25, 0.3) is 0 Å². The number of carboxylic acids is 1. The number of rotatable bonds is 3. The van der Waals surface area contributed by atoms with Crippen LogP contribution >= 0.6 is 11.6 Å². The zero-order valence-corrected chi connectivity index (χ0v) is 12.1. The van der Waals surface area contributed by atoms with Crippen LogP contribution in [0.1, 0.15) is 26.3 Å².